The average molecular weight is 567 g/mol. The first-order chi connectivity index (χ1) is 19.0. The van der Waals surface area contributed by atoms with Crippen LogP contribution in [0.5, 0.6) is 0 Å². The molecule has 1 aromatic carbocycles. The molecule has 1 fully saturated rings. The minimum absolute atomic E-state index is 0.0641. The molecule has 13 nitrogen and oxygen atoms in total. The Labute approximate surface area is 235 Å². The van der Waals surface area contributed by atoms with Crippen LogP contribution < -0.4 is 27.8 Å². The molecule has 0 spiro atoms. The molecule has 0 heterocycles. The number of nitrogens with one attached hydrogen (secondary N) is 2. The van der Waals surface area contributed by atoms with Gasteiger partial charge in [0.05, 0.1) is 17.1 Å². The largest absolute Gasteiger partial charge is 0.480 e. The molecule has 0 aliphatic heterocycles. The van der Waals surface area contributed by atoms with Crippen LogP contribution in [0.15, 0.2) is 24.3 Å². The second kappa shape index (κ2) is 18.9. The molecular weight excluding hydrogens is 520 g/mol. The van der Waals surface area contributed by atoms with Crippen LogP contribution in [0.25, 0.3) is 0 Å². The Kier molecular flexibility index (Phi) is 16.4. The molecular formula is C27H46N6O7. The molecule has 2 rings (SSSR count). The first kappa shape index (κ1) is 34.7. The summed E-state index contributed by atoms with van der Waals surface area (Å²) >= 11 is 0. The van der Waals surface area contributed by atoms with Gasteiger partial charge in [-0.15, -0.1) is 0 Å². The maximum atomic E-state index is 12.9. The van der Waals surface area contributed by atoms with Gasteiger partial charge in [-0.05, 0) is 82.4 Å². The van der Waals surface area contributed by atoms with E-state index >= 15 is 0 Å². The van der Waals surface area contributed by atoms with Gasteiger partial charge >= 0.3 is 5.97 Å². The van der Waals surface area contributed by atoms with Gasteiger partial charge in [0.25, 0.3) is 5.69 Å². The van der Waals surface area contributed by atoms with Crippen molar-refractivity contribution in [2.75, 3.05) is 12.3 Å². The van der Waals surface area contributed by atoms with Crippen LogP contribution in [0.3, 0.4) is 0 Å². The molecule has 2 amide bonds. The summed E-state index contributed by atoms with van der Waals surface area (Å²) in [5.74, 6) is -1.82. The second-order valence-electron chi connectivity index (χ2n) is 10.3. The average Bonchev–Trinajstić information content (AvgIpc) is 2.92. The Balaban J connectivity index is 0.000000667. The number of hydrogen-bond donors (Lipinski definition) is 7. The van der Waals surface area contributed by atoms with Gasteiger partial charge in [-0.3, -0.25) is 19.7 Å². The summed E-state index contributed by atoms with van der Waals surface area (Å²) in [5.41, 5.74) is 17.3. The standard InChI is InChI=1S/C21H40N4O5.C6H6N2O2/c1-2-3-6-16(23)19(27)25-18(13-14-8-10-15(26)11-9-14)20(28)24-17(21(29)30)7-4-5-12-22;7-5-1-3-6(4-2-5)8(9)10/h14-18,26H,2-13,22-23H2,1H3,(H,24,28)(H,25,27)(H,29,30);1-4H,7H2/t14?,15?,16-,17+,18+;/m1./s1. The zero-order chi connectivity index (χ0) is 30.1. The molecule has 10 N–H and O–H groups in total. The summed E-state index contributed by atoms with van der Waals surface area (Å²) in [5, 5.41) is 34.6. The smallest absolute Gasteiger partial charge is 0.326 e. The topological polar surface area (TPSA) is 237 Å². The van der Waals surface area contributed by atoms with Crippen molar-refractivity contribution >= 4 is 29.2 Å². The Morgan fingerprint density at radius 3 is 2.12 bits per heavy atom. The Bertz CT molecular complexity index is 922. The van der Waals surface area contributed by atoms with Crippen molar-refractivity contribution in [1.29, 1.82) is 0 Å². The predicted octanol–water partition coefficient (Wildman–Crippen LogP) is 1.81. The molecule has 1 aromatic rings. The Morgan fingerprint density at radius 2 is 1.60 bits per heavy atom. The lowest BCUT2D eigenvalue weighted by atomic mass is 9.83. The molecule has 13 heteroatoms. The molecule has 1 saturated carbocycles. The van der Waals surface area contributed by atoms with Gasteiger partial charge in [0, 0.05) is 17.8 Å². The van der Waals surface area contributed by atoms with Crippen LogP contribution in [0.2, 0.25) is 0 Å². The summed E-state index contributed by atoms with van der Waals surface area (Å²) in [6.45, 7) is 2.47. The molecule has 1 aliphatic carbocycles. The van der Waals surface area contributed by atoms with E-state index in [9.17, 15) is 34.7 Å². The van der Waals surface area contributed by atoms with Gasteiger partial charge in [0.2, 0.25) is 11.8 Å². The normalized spacial score (nSPS) is 18.8. The Hall–Kier alpha value is -3.29. The zero-order valence-electron chi connectivity index (χ0n) is 23.3. The van der Waals surface area contributed by atoms with Crippen molar-refractivity contribution in [1.82, 2.24) is 10.6 Å². The van der Waals surface area contributed by atoms with E-state index in [-0.39, 0.29) is 24.1 Å². The van der Waals surface area contributed by atoms with Crippen LogP contribution in [-0.4, -0.2) is 63.7 Å². The predicted molar refractivity (Wildman–Crippen MR) is 152 cm³/mol. The Morgan fingerprint density at radius 1 is 1.00 bits per heavy atom. The number of nitrogen functional groups attached to an aromatic ring is 1. The molecule has 226 valence electrons. The number of non-ortho nitro benzene ring substituents is 1. The fraction of sp³-hybridized carbons (Fsp3) is 0.667. The number of carboxylic acid groups (broad SMARTS) is 1. The maximum Gasteiger partial charge on any atom is 0.326 e. The van der Waals surface area contributed by atoms with E-state index in [1.165, 1.54) is 24.3 Å². The lowest BCUT2D eigenvalue weighted by molar-refractivity contribution is -0.384. The molecule has 1 aliphatic rings. The molecule has 0 aromatic heterocycles. The summed E-state index contributed by atoms with van der Waals surface area (Å²) in [6.07, 6.45) is 6.76. The van der Waals surface area contributed by atoms with Crippen molar-refractivity contribution in [2.24, 2.45) is 17.4 Å². The number of nitrogens with zero attached hydrogens (tertiary/aromatic N) is 1. The number of nitro groups is 1. The molecule has 3 atom stereocenters. The van der Waals surface area contributed by atoms with Crippen molar-refractivity contribution in [3.05, 3.63) is 34.4 Å². The third-order valence-corrected chi connectivity index (χ3v) is 6.89. The highest BCUT2D eigenvalue weighted by molar-refractivity contribution is 5.91. The number of anilines is 1. The number of unbranched alkanes of at least 4 members (excludes halogenated alkanes) is 2. The van der Waals surface area contributed by atoms with Gasteiger partial charge in [0.1, 0.15) is 12.1 Å². The third-order valence-electron chi connectivity index (χ3n) is 6.89. The third kappa shape index (κ3) is 13.7. The SMILES string of the molecule is CCCC[C@@H](N)C(=O)N[C@@H](CC1CCC(O)CC1)C(=O)N[C@@H](CCCCN)C(=O)O.Nc1ccc([N+](=O)[O-])cc1. The van der Waals surface area contributed by atoms with Crippen molar-refractivity contribution < 1.29 is 29.5 Å². The minimum atomic E-state index is -1.11. The number of amides is 2. The fourth-order valence-electron chi connectivity index (χ4n) is 4.40. The number of rotatable bonds is 15. The van der Waals surface area contributed by atoms with E-state index in [2.05, 4.69) is 10.6 Å². The number of carbonyl (C=O) groups is 3. The zero-order valence-corrected chi connectivity index (χ0v) is 23.3. The first-order valence-corrected chi connectivity index (χ1v) is 14.0. The fourth-order valence-corrected chi connectivity index (χ4v) is 4.40. The number of hydrogen-bond acceptors (Lipinski definition) is 9. The van der Waals surface area contributed by atoms with Crippen molar-refractivity contribution in [2.45, 2.75) is 102 Å². The van der Waals surface area contributed by atoms with Gasteiger partial charge in [-0.2, -0.15) is 0 Å². The summed E-state index contributed by atoms with van der Waals surface area (Å²) in [6, 6.07) is 3.17. The summed E-state index contributed by atoms with van der Waals surface area (Å²) < 4.78 is 0. The number of nitrogens with two attached hydrogens (primary N) is 3. The van der Waals surface area contributed by atoms with Crippen LogP contribution >= 0.6 is 0 Å². The molecule has 0 saturated heterocycles. The number of aliphatic hydroxyl groups excluding tert-OH is 1. The molecule has 0 unspecified atom stereocenters. The lowest BCUT2D eigenvalue weighted by Crippen LogP contribution is -2.55. The first-order valence-electron chi connectivity index (χ1n) is 14.0. The van der Waals surface area contributed by atoms with Crippen LogP contribution in [0, 0.1) is 16.0 Å². The van der Waals surface area contributed by atoms with Crippen LogP contribution in [-0.2, 0) is 14.4 Å². The molecule has 40 heavy (non-hydrogen) atoms. The monoisotopic (exact) mass is 566 g/mol. The van der Waals surface area contributed by atoms with E-state index in [1.54, 1.807) is 0 Å². The van der Waals surface area contributed by atoms with Crippen molar-refractivity contribution in [3.63, 3.8) is 0 Å². The van der Waals surface area contributed by atoms with E-state index < -0.39 is 40.8 Å². The lowest BCUT2D eigenvalue weighted by Gasteiger charge is -2.30. The summed E-state index contributed by atoms with van der Waals surface area (Å²) in [4.78, 5) is 46.6. The van der Waals surface area contributed by atoms with E-state index in [1.807, 2.05) is 6.92 Å². The number of carbonyl (C=O) groups excluding carboxylic acids is 2. The quantitative estimate of drug-likeness (QED) is 0.0703. The highest BCUT2D eigenvalue weighted by atomic mass is 16.6. The highest BCUT2D eigenvalue weighted by Crippen LogP contribution is 2.28. The van der Waals surface area contributed by atoms with E-state index in [0.717, 1.165) is 25.7 Å². The van der Waals surface area contributed by atoms with Gasteiger partial charge < -0.3 is 38.0 Å². The van der Waals surface area contributed by atoms with Gasteiger partial charge in [0.15, 0.2) is 0 Å². The van der Waals surface area contributed by atoms with Gasteiger partial charge in [-0.1, -0.05) is 19.8 Å². The minimum Gasteiger partial charge on any atom is -0.480 e. The van der Waals surface area contributed by atoms with E-state index in [0.29, 0.717) is 50.8 Å². The number of aliphatic carboxylic acids is 1. The number of aliphatic hydroxyl groups is 1. The van der Waals surface area contributed by atoms with Crippen LogP contribution in [0.1, 0.15) is 77.6 Å². The number of carboxylic acids is 1. The van der Waals surface area contributed by atoms with Gasteiger partial charge in [-0.25, -0.2) is 4.79 Å². The summed E-state index contributed by atoms with van der Waals surface area (Å²) in [7, 11) is 0. The van der Waals surface area contributed by atoms with E-state index in [4.69, 9.17) is 17.2 Å². The highest BCUT2D eigenvalue weighted by Gasteiger charge is 2.31. The number of benzene rings is 1. The number of nitro benzene ring substituents is 1. The van der Waals surface area contributed by atoms with Crippen molar-refractivity contribution in [3.8, 4) is 0 Å². The molecule has 0 radical (unpaired) electrons. The molecule has 0 bridgehead atoms. The maximum absolute atomic E-state index is 12.9. The second-order valence-corrected chi connectivity index (χ2v) is 10.3. The van der Waals surface area contributed by atoms with Crippen LogP contribution in [0.4, 0.5) is 11.4 Å².